The maximum atomic E-state index is 12.5. The summed E-state index contributed by atoms with van der Waals surface area (Å²) >= 11 is 0. The number of carbonyl (C=O) groups excluding carboxylic acids is 2. The molecule has 3 rings (SSSR count). The molecule has 1 aliphatic rings. The Bertz CT molecular complexity index is 852. The Labute approximate surface area is 178 Å². The van der Waals surface area contributed by atoms with E-state index < -0.39 is 0 Å². The summed E-state index contributed by atoms with van der Waals surface area (Å²) in [5.74, 6) is 0.924. The molecule has 0 aliphatic carbocycles. The number of hydrogen-bond acceptors (Lipinski definition) is 3. The Morgan fingerprint density at radius 1 is 1.00 bits per heavy atom. The van der Waals surface area contributed by atoms with Gasteiger partial charge in [0.15, 0.2) is 6.54 Å². The number of nitrogens with zero attached hydrogens (tertiary/aromatic N) is 1. The molecule has 1 fully saturated rings. The quantitative estimate of drug-likeness (QED) is 0.731. The Morgan fingerprint density at radius 2 is 1.63 bits per heavy atom. The summed E-state index contributed by atoms with van der Waals surface area (Å²) in [7, 11) is 0. The van der Waals surface area contributed by atoms with Crippen molar-refractivity contribution in [2.24, 2.45) is 0 Å². The van der Waals surface area contributed by atoms with E-state index in [1.807, 2.05) is 68.1 Å². The van der Waals surface area contributed by atoms with Gasteiger partial charge in [0.05, 0.1) is 39.2 Å². The molecule has 0 saturated carbocycles. The molecule has 1 aliphatic heterocycles. The number of quaternary nitrogens is 1. The van der Waals surface area contributed by atoms with E-state index in [1.54, 1.807) is 0 Å². The van der Waals surface area contributed by atoms with E-state index in [2.05, 4.69) is 5.32 Å². The second kappa shape index (κ2) is 10.3. The van der Waals surface area contributed by atoms with Crippen LogP contribution in [-0.4, -0.2) is 56.0 Å². The number of benzene rings is 2. The van der Waals surface area contributed by atoms with E-state index >= 15 is 0 Å². The Hall–Kier alpha value is -2.86. The first-order valence-electron chi connectivity index (χ1n) is 10.6. The molecule has 2 N–H and O–H groups in total. The van der Waals surface area contributed by atoms with Crippen LogP contribution in [0.4, 0.5) is 5.69 Å². The van der Waals surface area contributed by atoms with Crippen LogP contribution in [-0.2, 0) is 9.59 Å². The van der Waals surface area contributed by atoms with Crippen molar-refractivity contribution >= 4 is 17.5 Å². The fraction of sp³-hybridized carbons (Fsp3) is 0.417. The number of rotatable bonds is 7. The number of piperazine rings is 1. The summed E-state index contributed by atoms with van der Waals surface area (Å²) in [5.41, 5.74) is 4.23. The average molecular weight is 411 g/mol. The number of hydrogen-bond donors (Lipinski definition) is 2. The number of aryl methyl sites for hydroxylation is 3. The van der Waals surface area contributed by atoms with E-state index in [-0.39, 0.29) is 11.8 Å². The van der Waals surface area contributed by atoms with Crippen molar-refractivity contribution in [3.8, 4) is 5.75 Å². The third kappa shape index (κ3) is 6.07. The molecular weight excluding hydrogens is 378 g/mol. The van der Waals surface area contributed by atoms with Gasteiger partial charge >= 0.3 is 0 Å². The zero-order valence-electron chi connectivity index (χ0n) is 18.2. The molecule has 0 unspecified atom stereocenters. The van der Waals surface area contributed by atoms with Gasteiger partial charge < -0.3 is 19.9 Å². The first-order valence-corrected chi connectivity index (χ1v) is 10.6. The highest BCUT2D eigenvalue weighted by Gasteiger charge is 2.25. The molecule has 0 spiro atoms. The minimum Gasteiger partial charge on any atom is -0.493 e. The van der Waals surface area contributed by atoms with Gasteiger partial charge in [0, 0.05) is 5.69 Å². The van der Waals surface area contributed by atoms with E-state index in [9.17, 15) is 9.59 Å². The largest absolute Gasteiger partial charge is 0.493 e. The van der Waals surface area contributed by atoms with Crippen LogP contribution in [0.3, 0.4) is 0 Å². The minimum absolute atomic E-state index is 0.0219. The van der Waals surface area contributed by atoms with Crippen LogP contribution < -0.4 is 15.0 Å². The van der Waals surface area contributed by atoms with Crippen molar-refractivity contribution in [1.82, 2.24) is 4.90 Å². The third-order valence-electron chi connectivity index (χ3n) is 5.58. The molecule has 30 heavy (non-hydrogen) atoms. The van der Waals surface area contributed by atoms with Gasteiger partial charge in [-0.05, 0) is 44.0 Å². The summed E-state index contributed by atoms with van der Waals surface area (Å²) in [6.07, 6.45) is 0.371. The second-order valence-corrected chi connectivity index (χ2v) is 8.03. The lowest BCUT2D eigenvalue weighted by Gasteiger charge is -2.32. The van der Waals surface area contributed by atoms with Crippen molar-refractivity contribution < 1.29 is 19.2 Å². The van der Waals surface area contributed by atoms with Crippen molar-refractivity contribution in [3.63, 3.8) is 0 Å². The highest BCUT2D eigenvalue weighted by molar-refractivity contribution is 5.93. The molecule has 160 valence electrons. The van der Waals surface area contributed by atoms with Crippen LogP contribution in [0.25, 0.3) is 0 Å². The summed E-state index contributed by atoms with van der Waals surface area (Å²) in [6.45, 7) is 9.76. The molecular formula is C24H32N3O3+. The first kappa shape index (κ1) is 21.8. The highest BCUT2D eigenvalue weighted by atomic mass is 16.5. The first-order chi connectivity index (χ1) is 14.4. The molecule has 1 saturated heterocycles. The summed E-state index contributed by atoms with van der Waals surface area (Å²) in [4.78, 5) is 28.0. The zero-order chi connectivity index (χ0) is 21.5. The molecule has 2 aromatic carbocycles. The number of amides is 2. The van der Waals surface area contributed by atoms with E-state index in [1.165, 1.54) is 10.5 Å². The normalized spacial score (nSPS) is 14.4. The Balaban J connectivity index is 1.38. The summed E-state index contributed by atoms with van der Waals surface area (Å²) in [5, 5.41) is 3.05. The Morgan fingerprint density at radius 3 is 2.27 bits per heavy atom. The Kier molecular flexibility index (Phi) is 7.46. The van der Waals surface area contributed by atoms with Gasteiger partial charge in [-0.1, -0.05) is 35.9 Å². The molecule has 0 radical (unpaired) electrons. The van der Waals surface area contributed by atoms with E-state index in [0.717, 1.165) is 35.7 Å². The van der Waals surface area contributed by atoms with Crippen LogP contribution in [0.15, 0.2) is 42.5 Å². The number of para-hydroxylation sites is 1. The van der Waals surface area contributed by atoms with Crippen molar-refractivity contribution in [2.75, 3.05) is 44.6 Å². The molecule has 6 nitrogen and oxygen atoms in total. The molecule has 1 heterocycles. The smallest absolute Gasteiger partial charge is 0.279 e. The summed E-state index contributed by atoms with van der Waals surface area (Å²) < 4.78 is 5.67. The zero-order valence-corrected chi connectivity index (χ0v) is 18.2. The van der Waals surface area contributed by atoms with Crippen molar-refractivity contribution in [1.29, 1.82) is 0 Å². The van der Waals surface area contributed by atoms with Gasteiger partial charge in [-0.3, -0.25) is 9.59 Å². The van der Waals surface area contributed by atoms with Gasteiger partial charge in [-0.15, -0.1) is 0 Å². The van der Waals surface area contributed by atoms with E-state index in [4.69, 9.17) is 4.74 Å². The molecule has 2 aromatic rings. The average Bonchev–Trinajstić information content (AvgIpc) is 2.73. The lowest BCUT2D eigenvalue weighted by Crippen LogP contribution is -3.15. The predicted molar refractivity (Wildman–Crippen MR) is 118 cm³/mol. The third-order valence-corrected chi connectivity index (χ3v) is 5.58. The van der Waals surface area contributed by atoms with Crippen molar-refractivity contribution in [2.45, 2.75) is 27.2 Å². The molecule has 2 amide bonds. The molecule has 0 aromatic heterocycles. The van der Waals surface area contributed by atoms with Gasteiger partial charge in [0.2, 0.25) is 5.91 Å². The molecule has 0 atom stereocenters. The maximum Gasteiger partial charge on any atom is 0.279 e. The predicted octanol–water partition coefficient (Wildman–Crippen LogP) is 1.75. The topological polar surface area (TPSA) is 63.1 Å². The SMILES string of the molecule is Cc1ccc(OCCC(=O)N2CC[NH+](CC(=O)Nc3c(C)cccc3C)CC2)cc1. The van der Waals surface area contributed by atoms with Crippen LogP contribution in [0, 0.1) is 20.8 Å². The fourth-order valence-corrected chi connectivity index (χ4v) is 3.72. The van der Waals surface area contributed by atoms with Crippen LogP contribution >= 0.6 is 0 Å². The number of nitrogens with one attached hydrogen (secondary N) is 2. The molecule has 6 heteroatoms. The maximum absolute atomic E-state index is 12.5. The van der Waals surface area contributed by atoms with Crippen LogP contribution in [0.5, 0.6) is 5.75 Å². The fourth-order valence-electron chi connectivity index (χ4n) is 3.72. The second-order valence-electron chi connectivity index (χ2n) is 8.03. The number of ether oxygens (including phenoxy) is 1. The monoisotopic (exact) mass is 410 g/mol. The van der Waals surface area contributed by atoms with Crippen LogP contribution in [0.1, 0.15) is 23.1 Å². The van der Waals surface area contributed by atoms with Crippen LogP contribution in [0.2, 0.25) is 0 Å². The van der Waals surface area contributed by atoms with Crippen molar-refractivity contribution in [3.05, 3.63) is 59.2 Å². The highest BCUT2D eigenvalue weighted by Crippen LogP contribution is 2.19. The minimum atomic E-state index is 0.0219. The summed E-state index contributed by atoms with van der Waals surface area (Å²) in [6, 6.07) is 13.8. The standard InChI is InChI=1S/C24H31N3O3/c1-18-7-9-21(10-8-18)30-16-11-23(29)27-14-12-26(13-15-27)17-22(28)25-24-19(2)5-4-6-20(24)3/h4-10H,11-17H2,1-3H3,(H,25,28)/p+1. The van der Waals surface area contributed by atoms with Gasteiger partial charge in [0.1, 0.15) is 5.75 Å². The lowest BCUT2D eigenvalue weighted by molar-refractivity contribution is -0.895. The van der Waals surface area contributed by atoms with Gasteiger partial charge in [-0.25, -0.2) is 0 Å². The van der Waals surface area contributed by atoms with Gasteiger partial charge in [0.25, 0.3) is 5.91 Å². The molecule has 0 bridgehead atoms. The van der Waals surface area contributed by atoms with Gasteiger partial charge in [-0.2, -0.15) is 0 Å². The number of anilines is 1. The number of carbonyl (C=O) groups is 2. The lowest BCUT2D eigenvalue weighted by atomic mass is 10.1. The van der Waals surface area contributed by atoms with E-state index in [0.29, 0.717) is 32.7 Å².